The van der Waals surface area contributed by atoms with Crippen molar-refractivity contribution >= 4 is 46.3 Å². The first kappa shape index (κ1) is 48.4. The predicted octanol–water partition coefficient (Wildman–Crippen LogP) is 3.90. The third-order valence-electron chi connectivity index (χ3n) is 12.9. The van der Waals surface area contributed by atoms with E-state index < -0.39 is 12.1 Å². The Labute approximate surface area is 382 Å². The lowest BCUT2D eigenvalue weighted by molar-refractivity contribution is -0.138. The Kier molecular flexibility index (Phi) is 16.9. The summed E-state index contributed by atoms with van der Waals surface area (Å²) in [4.78, 5) is 73.1. The predicted molar refractivity (Wildman–Crippen MR) is 251 cm³/mol. The van der Waals surface area contributed by atoms with Crippen LogP contribution in [0.1, 0.15) is 101 Å². The number of hydrogen-bond acceptors (Lipinski definition) is 12. The summed E-state index contributed by atoms with van der Waals surface area (Å²) in [6.45, 7) is 13.1. The highest BCUT2D eigenvalue weighted by molar-refractivity contribution is 6.00. The molecule has 350 valence electrons. The van der Waals surface area contributed by atoms with E-state index in [2.05, 4.69) is 41.9 Å². The molecule has 6 rings (SSSR count). The van der Waals surface area contributed by atoms with Gasteiger partial charge in [-0.15, -0.1) is 0 Å². The molecule has 1 saturated carbocycles. The van der Waals surface area contributed by atoms with Gasteiger partial charge in [0.05, 0.1) is 22.9 Å². The number of imidazole rings is 1. The number of fused-ring (bicyclic) bond motifs is 1. The number of hydrogen-bond donors (Lipinski definition) is 5. The van der Waals surface area contributed by atoms with Crippen LogP contribution in [0.3, 0.4) is 0 Å². The maximum atomic E-state index is 13.7. The normalized spacial score (nSPS) is 18.2. The van der Waals surface area contributed by atoms with E-state index in [1.807, 2.05) is 60.1 Å². The number of nitrogens with zero attached hydrogens (tertiary/aromatic N) is 9. The second-order valence-electron chi connectivity index (χ2n) is 18.1. The number of nitrogen functional groups attached to an aromatic ring is 1. The number of carbonyl (C=O) groups excluding carboxylic acids is 4. The molecule has 4 aromatic rings. The minimum absolute atomic E-state index is 0.0377. The van der Waals surface area contributed by atoms with Crippen LogP contribution in [-0.2, 0) is 20.9 Å². The standard InChI is InChI=1S/C47H68N14O4/c1-6-32(4)41(56-44(63)38(49)10-9-19-60-21-16-51-47(60)50)46(65)57(5)17-7-8-18-58-22-24-59(25-23-58)45(64)34-11-13-36(14-12-34)55-43(62)37-30-52-40(27-39(37)54-31(2)3)61-20-15-35-26-33(28-48)29-53-42(35)61/h15-16,20-21,26-27,29-32,34,36,38,41H,6-14,17-19,22-25,49H2,1-5H3,(H2,50,51)(H,52,54)(H,55,62)(H,56,63)/t32-,34?,36?,38-,41-/m0/s1. The van der Waals surface area contributed by atoms with E-state index in [9.17, 15) is 24.4 Å². The largest absolute Gasteiger partial charge is 0.382 e. The van der Waals surface area contributed by atoms with Gasteiger partial charge in [-0.05, 0) is 89.8 Å². The van der Waals surface area contributed by atoms with E-state index in [0.29, 0.717) is 73.2 Å². The molecule has 0 bridgehead atoms. The highest BCUT2D eigenvalue weighted by atomic mass is 16.2. The summed E-state index contributed by atoms with van der Waals surface area (Å²) in [5.41, 5.74) is 14.3. The first-order valence-electron chi connectivity index (χ1n) is 23.3. The minimum Gasteiger partial charge on any atom is -0.382 e. The number of piperazine rings is 1. The molecule has 0 unspecified atom stereocenters. The maximum Gasteiger partial charge on any atom is 0.255 e. The number of nitriles is 1. The summed E-state index contributed by atoms with van der Waals surface area (Å²) in [6, 6.07) is 6.30. The van der Waals surface area contributed by atoms with Gasteiger partial charge in [-0.2, -0.15) is 5.26 Å². The first-order chi connectivity index (χ1) is 31.3. The number of likely N-dealkylation sites (N-methyl/N-ethyl adjacent to an activating group) is 1. The lowest BCUT2D eigenvalue weighted by Gasteiger charge is -2.38. The molecule has 4 amide bonds. The number of carbonyl (C=O) groups is 4. The number of nitrogens with two attached hydrogens (primary N) is 2. The maximum absolute atomic E-state index is 13.7. The molecular weight excluding hydrogens is 825 g/mol. The first-order valence-corrected chi connectivity index (χ1v) is 23.3. The van der Waals surface area contributed by atoms with Gasteiger partial charge in [0.15, 0.2) is 5.95 Å². The minimum atomic E-state index is -0.731. The lowest BCUT2D eigenvalue weighted by atomic mass is 9.85. The van der Waals surface area contributed by atoms with E-state index in [4.69, 9.17) is 11.5 Å². The number of aromatic nitrogens is 5. The molecule has 0 radical (unpaired) electrons. The SMILES string of the molecule is CC[C@H](C)[C@H](NC(=O)[C@@H](N)CCCn1ccnc1N)C(=O)N(C)CCCCN1CCN(C(=O)C2CCC(NC(=O)c3cnc(-n4ccc5cc(C#N)cnc54)cc3NC(C)C)CC2)CC1. The summed E-state index contributed by atoms with van der Waals surface area (Å²) < 4.78 is 3.65. The number of rotatable bonds is 20. The highest BCUT2D eigenvalue weighted by Crippen LogP contribution is 2.28. The average molecular weight is 893 g/mol. The molecule has 1 aliphatic carbocycles. The van der Waals surface area contributed by atoms with Crippen molar-refractivity contribution in [2.75, 3.05) is 57.4 Å². The van der Waals surface area contributed by atoms with Crippen LogP contribution >= 0.6 is 0 Å². The van der Waals surface area contributed by atoms with E-state index in [1.54, 1.807) is 36.6 Å². The van der Waals surface area contributed by atoms with Crippen molar-refractivity contribution in [3.63, 3.8) is 0 Å². The van der Waals surface area contributed by atoms with Crippen LogP contribution in [0.15, 0.2) is 49.2 Å². The van der Waals surface area contributed by atoms with Gasteiger partial charge in [0.1, 0.15) is 23.6 Å². The number of pyridine rings is 2. The number of anilines is 2. The topological polar surface area (TPSA) is 238 Å². The Bertz CT molecular complexity index is 2280. The lowest BCUT2D eigenvalue weighted by Crippen LogP contribution is -2.54. The molecule has 1 saturated heterocycles. The van der Waals surface area contributed by atoms with Gasteiger partial charge >= 0.3 is 0 Å². The number of nitrogens with one attached hydrogen (secondary N) is 3. The Morgan fingerprint density at radius 2 is 1.71 bits per heavy atom. The fourth-order valence-corrected chi connectivity index (χ4v) is 8.77. The van der Waals surface area contributed by atoms with Gasteiger partial charge in [-0.1, -0.05) is 20.3 Å². The Morgan fingerprint density at radius 1 is 0.954 bits per heavy atom. The van der Waals surface area contributed by atoms with Crippen molar-refractivity contribution in [3.8, 4) is 11.9 Å². The quantitative estimate of drug-likeness (QED) is 0.0795. The molecule has 0 spiro atoms. The van der Waals surface area contributed by atoms with Crippen molar-refractivity contribution < 1.29 is 19.2 Å². The molecular formula is C47H68N14O4. The highest BCUT2D eigenvalue weighted by Gasteiger charge is 2.33. The zero-order valence-corrected chi connectivity index (χ0v) is 38.7. The van der Waals surface area contributed by atoms with Crippen LogP contribution in [0.25, 0.3) is 16.9 Å². The van der Waals surface area contributed by atoms with Crippen molar-refractivity contribution in [2.24, 2.45) is 17.6 Å². The summed E-state index contributed by atoms with van der Waals surface area (Å²) in [5.74, 6) is 0.499. The van der Waals surface area contributed by atoms with Crippen LogP contribution in [0.4, 0.5) is 11.6 Å². The molecule has 65 heavy (non-hydrogen) atoms. The summed E-state index contributed by atoms with van der Waals surface area (Å²) in [5, 5.41) is 19.7. The molecule has 2 fully saturated rings. The number of amides is 4. The zero-order chi connectivity index (χ0) is 46.6. The smallest absolute Gasteiger partial charge is 0.255 e. The molecule has 18 heteroatoms. The van der Waals surface area contributed by atoms with E-state index in [0.717, 1.165) is 70.0 Å². The monoisotopic (exact) mass is 893 g/mol. The van der Waals surface area contributed by atoms with Crippen LogP contribution in [0.5, 0.6) is 0 Å². The van der Waals surface area contributed by atoms with Gasteiger partial charge in [0.2, 0.25) is 17.7 Å². The number of aryl methyl sites for hydroxylation is 1. The van der Waals surface area contributed by atoms with Crippen LogP contribution < -0.4 is 27.4 Å². The fourth-order valence-electron chi connectivity index (χ4n) is 8.77. The third kappa shape index (κ3) is 12.6. The molecule has 4 aromatic heterocycles. The van der Waals surface area contributed by atoms with Crippen molar-refractivity contribution in [3.05, 3.63) is 60.3 Å². The number of unbranched alkanes of at least 4 members (excludes halogenated alkanes) is 1. The zero-order valence-electron chi connectivity index (χ0n) is 38.7. The second kappa shape index (κ2) is 22.7. The Morgan fingerprint density at radius 3 is 2.38 bits per heavy atom. The van der Waals surface area contributed by atoms with E-state index >= 15 is 0 Å². The molecule has 18 nitrogen and oxygen atoms in total. The molecule has 5 heterocycles. The molecule has 2 aliphatic rings. The Balaban J connectivity index is 0.894. The van der Waals surface area contributed by atoms with Gasteiger partial charge in [-0.3, -0.25) is 28.6 Å². The van der Waals surface area contributed by atoms with Crippen molar-refractivity contribution in [2.45, 2.75) is 116 Å². The van der Waals surface area contributed by atoms with E-state index in [-0.39, 0.29) is 47.5 Å². The summed E-state index contributed by atoms with van der Waals surface area (Å²) >= 11 is 0. The third-order valence-corrected chi connectivity index (χ3v) is 12.9. The Hall–Kier alpha value is -6.06. The summed E-state index contributed by atoms with van der Waals surface area (Å²) in [6.07, 6.45) is 14.9. The van der Waals surface area contributed by atoms with Gasteiger partial charge in [-0.25, -0.2) is 15.0 Å². The average Bonchev–Trinajstić information content (AvgIpc) is 3.93. The van der Waals surface area contributed by atoms with E-state index in [1.165, 1.54) is 6.20 Å². The molecule has 1 aliphatic heterocycles. The van der Waals surface area contributed by atoms with Gasteiger partial charge in [0, 0.05) is 107 Å². The summed E-state index contributed by atoms with van der Waals surface area (Å²) in [7, 11) is 1.79. The van der Waals surface area contributed by atoms with Crippen LogP contribution in [-0.4, -0.2) is 133 Å². The van der Waals surface area contributed by atoms with Crippen molar-refractivity contribution in [1.29, 1.82) is 5.26 Å². The second-order valence-corrected chi connectivity index (χ2v) is 18.1. The van der Waals surface area contributed by atoms with Crippen molar-refractivity contribution in [1.82, 2.24) is 49.4 Å². The van der Waals surface area contributed by atoms with Crippen LogP contribution in [0, 0.1) is 23.2 Å². The fraction of sp³-hybridized carbons (Fsp3) is 0.574. The molecule has 3 atom stereocenters. The molecule has 7 N–H and O–H groups in total. The van der Waals surface area contributed by atoms with Gasteiger partial charge in [0.25, 0.3) is 5.91 Å². The van der Waals surface area contributed by atoms with Crippen LogP contribution in [0.2, 0.25) is 0 Å². The van der Waals surface area contributed by atoms with Gasteiger partial charge < -0.3 is 41.8 Å². The molecule has 0 aromatic carbocycles.